The first-order valence-electron chi connectivity index (χ1n) is 7.34. The predicted octanol–water partition coefficient (Wildman–Crippen LogP) is 3.09. The number of aryl methyl sites for hydroxylation is 1. The Morgan fingerprint density at radius 1 is 1.50 bits per heavy atom. The molecular weight excluding hydrogens is 268 g/mol. The summed E-state index contributed by atoms with van der Waals surface area (Å²) in [5.74, 6) is 0.412. The number of hydrogen-bond acceptors (Lipinski definition) is 5. The first kappa shape index (κ1) is 13.6. The van der Waals surface area contributed by atoms with Crippen molar-refractivity contribution in [1.29, 1.82) is 0 Å². The van der Waals surface area contributed by atoms with Crippen LogP contribution in [0, 0.1) is 0 Å². The van der Waals surface area contributed by atoms with E-state index in [1.807, 2.05) is 18.5 Å². The Morgan fingerprint density at radius 2 is 2.45 bits per heavy atom. The van der Waals surface area contributed by atoms with Crippen molar-refractivity contribution in [1.82, 2.24) is 19.0 Å². The molecule has 0 radical (unpaired) electrons. The van der Waals surface area contributed by atoms with E-state index in [1.54, 1.807) is 0 Å². The van der Waals surface area contributed by atoms with Gasteiger partial charge in [0.25, 0.3) is 0 Å². The van der Waals surface area contributed by atoms with Crippen molar-refractivity contribution in [3.63, 3.8) is 0 Å². The third-order valence-electron chi connectivity index (χ3n) is 3.95. The number of rotatable bonds is 5. The molecule has 0 aromatic carbocycles. The fourth-order valence-electron chi connectivity index (χ4n) is 3.03. The number of nitrogens with one attached hydrogen (secondary N) is 1. The Hall–Kier alpha value is -1.33. The van der Waals surface area contributed by atoms with Crippen LogP contribution in [0.1, 0.15) is 55.1 Å². The minimum atomic E-state index is 0.239. The third-order valence-corrected chi connectivity index (χ3v) is 4.44. The van der Waals surface area contributed by atoms with Gasteiger partial charge in [-0.1, -0.05) is 13.0 Å². The molecule has 0 saturated heterocycles. The Kier molecular flexibility index (Phi) is 4.38. The van der Waals surface area contributed by atoms with Crippen LogP contribution in [0.3, 0.4) is 0 Å². The van der Waals surface area contributed by atoms with Gasteiger partial charge in [0.05, 0.1) is 29.7 Å². The summed E-state index contributed by atoms with van der Waals surface area (Å²) in [6.07, 6.45) is 8.47. The molecule has 1 aliphatic carbocycles. The second-order valence-corrected chi connectivity index (χ2v) is 5.87. The van der Waals surface area contributed by atoms with Crippen LogP contribution in [-0.4, -0.2) is 20.3 Å². The highest BCUT2D eigenvalue weighted by Gasteiger charge is 2.31. The number of aromatic nitrogens is 3. The smallest absolute Gasteiger partial charge is 0.0919 e. The zero-order valence-electron chi connectivity index (χ0n) is 11.7. The minimum Gasteiger partial charge on any atom is -0.308 e. The lowest BCUT2D eigenvalue weighted by Gasteiger charge is -2.31. The maximum absolute atomic E-state index is 4.65. The average Bonchev–Trinajstić information content (AvgIpc) is 3.02. The summed E-state index contributed by atoms with van der Waals surface area (Å²) < 4.78 is 8.63. The van der Waals surface area contributed by atoms with Gasteiger partial charge in [0.2, 0.25) is 0 Å². The van der Waals surface area contributed by atoms with Crippen LogP contribution in [0.25, 0.3) is 0 Å². The summed E-state index contributed by atoms with van der Waals surface area (Å²) in [7, 11) is 0. The van der Waals surface area contributed by atoms with E-state index in [9.17, 15) is 0 Å². The van der Waals surface area contributed by atoms with Crippen LogP contribution in [0.4, 0.5) is 0 Å². The largest absolute Gasteiger partial charge is 0.308 e. The highest BCUT2D eigenvalue weighted by molar-refractivity contribution is 6.99. The molecule has 0 saturated carbocycles. The molecule has 0 amide bonds. The quantitative estimate of drug-likeness (QED) is 0.918. The van der Waals surface area contributed by atoms with Crippen LogP contribution in [0.15, 0.2) is 24.5 Å². The van der Waals surface area contributed by atoms with E-state index in [4.69, 9.17) is 0 Å². The zero-order chi connectivity index (χ0) is 13.8. The van der Waals surface area contributed by atoms with Crippen LogP contribution >= 0.6 is 11.7 Å². The fourth-order valence-corrected chi connectivity index (χ4v) is 3.49. The SMILES string of the molecule is CCCNC(c1cnsn1)C1CCCc2cccnc21. The van der Waals surface area contributed by atoms with Gasteiger partial charge in [0, 0.05) is 17.8 Å². The summed E-state index contributed by atoms with van der Waals surface area (Å²) >= 11 is 1.29. The first-order valence-corrected chi connectivity index (χ1v) is 8.07. The van der Waals surface area contributed by atoms with Gasteiger partial charge in [0.1, 0.15) is 0 Å². The maximum Gasteiger partial charge on any atom is 0.0919 e. The molecular formula is C15H20N4S. The molecule has 2 aromatic rings. The summed E-state index contributed by atoms with van der Waals surface area (Å²) in [6, 6.07) is 4.49. The predicted molar refractivity (Wildman–Crippen MR) is 80.9 cm³/mol. The van der Waals surface area contributed by atoms with Gasteiger partial charge < -0.3 is 5.32 Å². The van der Waals surface area contributed by atoms with E-state index < -0.39 is 0 Å². The molecule has 2 atom stereocenters. The number of nitrogens with zero attached hydrogens (tertiary/aromatic N) is 3. The molecule has 20 heavy (non-hydrogen) atoms. The van der Waals surface area contributed by atoms with Crippen molar-refractivity contribution in [3.8, 4) is 0 Å². The molecule has 3 rings (SSSR count). The van der Waals surface area contributed by atoms with E-state index in [-0.39, 0.29) is 6.04 Å². The Balaban J connectivity index is 1.92. The van der Waals surface area contributed by atoms with Crippen molar-refractivity contribution in [2.75, 3.05) is 6.54 Å². The molecule has 0 aliphatic heterocycles. The lowest BCUT2D eigenvalue weighted by molar-refractivity contribution is 0.389. The molecule has 1 N–H and O–H groups in total. The van der Waals surface area contributed by atoms with Gasteiger partial charge in [-0.05, 0) is 43.9 Å². The van der Waals surface area contributed by atoms with E-state index >= 15 is 0 Å². The number of hydrogen-bond donors (Lipinski definition) is 1. The molecule has 0 fully saturated rings. The highest BCUT2D eigenvalue weighted by atomic mass is 32.1. The molecule has 106 valence electrons. The van der Waals surface area contributed by atoms with Crippen molar-refractivity contribution < 1.29 is 0 Å². The highest BCUT2D eigenvalue weighted by Crippen LogP contribution is 2.38. The molecule has 0 spiro atoms. The van der Waals surface area contributed by atoms with Crippen molar-refractivity contribution in [2.45, 2.75) is 44.6 Å². The van der Waals surface area contributed by atoms with Gasteiger partial charge in [-0.3, -0.25) is 4.98 Å². The fraction of sp³-hybridized carbons (Fsp3) is 0.533. The average molecular weight is 288 g/mol. The number of fused-ring (bicyclic) bond motifs is 1. The van der Waals surface area contributed by atoms with E-state index in [0.29, 0.717) is 5.92 Å². The van der Waals surface area contributed by atoms with Gasteiger partial charge in [-0.25, -0.2) is 0 Å². The molecule has 0 bridgehead atoms. The summed E-state index contributed by atoms with van der Waals surface area (Å²) in [6.45, 7) is 3.19. The van der Waals surface area contributed by atoms with Crippen molar-refractivity contribution >= 4 is 11.7 Å². The third kappa shape index (κ3) is 2.74. The van der Waals surface area contributed by atoms with E-state index in [2.05, 4.69) is 32.0 Å². The van der Waals surface area contributed by atoms with Crippen LogP contribution in [0.2, 0.25) is 0 Å². The molecule has 5 heteroatoms. The molecule has 2 heterocycles. The van der Waals surface area contributed by atoms with Gasteiger partial charge in [0.15, 0.2) is 0 Å². The summed E-state index contributed by atoms with van der Waals surface area (Å²) in [5, 5.41) is 3.65. The van der Waals surface area contributed by atoms with Crippen LogP contribution in [0.5, 0.6) is 0 Å². The molecule has 2 unspecified atom stereocenters. The topological polar surface area (TPSA) is 50.7 Å². The van der Waals surface area contributed by atoms with Gasteiger partial charge in [-0.15, -0.1) is 0 Å². The molecule has 1 aliphatic rings. The minimum absolute atomic E-state index is 0.239. The Morgan fingerprint density at radius 3 is 3.25 bits per heavy atom. The zero-order valence-corrected chi connectivity index (χ0v) is 12.6. The van der Waals surface area contributed by atoms with Crippen LogP contribution < -0.4 is 5.32 Å². The van der Waals surface area contributed by atoms with Crippen molar-refractivity contribution in [3.05, 3.63) is 41.5 Å². The maximum atomic E-state index is 4.65. The molecule has 4 nitrogen and oxygen atoms in total. The van der Waals surface area contributed by atoms with E-state index in [1.165, 1.54) is 35.8 Å². The second kappa shape index (κ2) is 6.41. The summed E-state index contributed by atoms with van der Waals surface area (Å²) in [5.41, 5.74) is 3.71. The molecule has 2 aromatic heterocycles. The second-order valence-electron chi connectivity index (χ2n) is 5.31. The van der Waals surface area contributed by atoms with Gasteiger partial charge in [-0.2, -0.15) is 8.75 Å². The lowest BCUT2D eigenvalue weighted by Crippen LogP contribution is -2.30. The normalized spacial score (nSPS) is 19.6. The first-order chi connectivity index (χ1) is 9.90. The lowest BCUT2D eigenvalue weighted by atomic mass is 9.81. The summed E-state index contributed by atoms with van der Waals surface area (Å²) in [4.78, 5) is 4.65. The number of pyridine rings is 1. The van der Waals surface area contributed by atoms with Gasteiger partial charge >= 0.3 is 0 Å². The van der Waals surface area contributed by atoms with Crippen molar-refractivity contribution in [2.24, 2.45) is 0 Å². The monoisotopic (exact) mass is 288 g/mol. The standard InChI is InChI=1S/C15H20N4S/c1-2-8-16-15(13-10-18-20-19-13)12-7-3-5-11-6-4-9-17-14(11)12/h4,6,9-10,12,15-16H,2-3,5,7-8H2,1H3. The van der Waals surface area contributed by atoms with Crippen LogP contribution in [-0.2, 0) is 6.42 Å². The van der Waals surface area contributed by atoms with E-state index in [0.717, 1.165) is 25.1 Å². The Bertz CT molecular complexity index is 541. The Labute approximate surface area is 124 Å².